The lowest BCUT2D eigenvalue weighted by Crippen LogP contribution is -2.51. The molecule has 112 valence electrons. The molecule has 0 saturated heterocycles. The largest absolute Gasteiger partial charge is 0.414 e. The average Bonchev–Trinajstić information content (AvgIpc) is 2.26. The zero-order valence-electron chi connectivity index (χ0n) is 14.0. The number of hydrogen-bond donors (Lipinski definition) is 0. The quantitative estimate of drug-likeness (QED) is 0.585. The predicted molar refractivity (Wildman–Crippen MR) is 86.0 cm³/mol. The van der Waals surface area contributed by atoms with E-state index >= 15 is 0 Å². The van der Waals surface area contributed by atoms with E-state index in [0.29, 0.717) is 16.6 Å². The van der Waals surface area contributed by atoms with Gasteiger partial charge in [0, 0.05) is 6.10 Å². The highest BCUT2D eigenvalue weighted by Gasteiger charge is 2.47. The molecule has 0 spiro atoms. The lowest BCUT2D eigenvalue weighted by atomic mass is 9.59. The van der Waals surface area contributed by atoms with Crippen LogP contribution >= 0.6 is 0 Å². The van der Waals surface area contributed by atoms with Crippen LogP contribution in [0.3, 0.4) is 0 Å². The van der Waals surface area contributed by atoms with E-state index in [1.807, 2.05) is 0 Å². The molecular weight excluding hydrogens is 248 g/mol. The van der Waals surface area contributed by atoms with Gasteiger partial charge in [0.2, 0.25) is 0 Å². The van der Waals surface area contributed by atoms with Crippen LogP contribution < -0.4 is 0 Å². The van der Waals surface area contributed by atoms with Crippen LogP contribution in [-0.4, -0.2) is 14.4 Å². The molecule has 0 aromatic heterocycles. The van der Waals surface area contributed by atoms with Crippen LogP contribution in [0.2, 0.25) is 18.1 Å². The summed E-state index contributed by atoms with van der Waals surface area (Å²) < 4.78 is 6.82. The van der Waals surface area contributed by atoms with E-state index in [1.165, 1.54) is 44.9 Å². The molecule has 2 fully saturated rings. The Morgan fingerprint density at radius 3 is 2.26 bits per heavy atom. The minimum Gasteiger partial charge on any atom is -0.414 e. The summed E-state index contributed by atoms with van der Waals surface area (Å²) in [5.74, 6) is 0.837. The van der Waals surface area contributed by atoms with Crippen LogP contribution in [0.15, 0.2) is 0 Å². The van der Waals surface area contributed by atoms with E-state index in [-0.39, 0.29) is 0 Å². The number of rotatable bonds is 2. The Balaban J connectivity index is 2.11. The third-order valence-electron chi connectivity index (χ3n) is 6.35. The molecule has 0 radical (unpaired) electrons. The van der Waals surface area contributed by atoms with Gasteiger partial charge in [-0.15, -0.1) is 0 Å². The van der Waals surface area contributed by atoms with Gasteiger partial charge in [0.15, 0.2) is 8.32 Å². The van der Waals surface area contributed by atoms with Gasteiger partial charge in [-0.1, -0.05) is 47.0 Å². The summed E-state index contributed by atoms with van der Waals surface area (Å²) in [5, 5.41) is 0.343. The molecule has 2 heteroatoms. The molecule has 0 N–H and O–H groups in total. The summed E-state index contributed by atoms with van der Waals surface area (Å²) in [6.45, 7) is 14.5. The lowest BCUT2D eigenvalue weighted by Gasteiger charge is -2.52. The first kappa shape index (κ1) is 15.6. The Kier molecular flexibility index (Phi) is 4.24. The maximum absolute atomic E-state index is 6.82. The molecule has 2 aliphatic carbocycles. The maximum Gasteiger partial charge on any atom is 0.192 e. The fourth-order valence-electron chi connectivity index (χ4n) is 3.98. The van der Waals surface area contributed by atoms with Crippen molar-refractivity contribution in [3.05, 3.63) is 0 Å². The Bertz CT molecular complexity index is 314. The molecular formula is C17H34OSi. The van der Waals surface area contributed by atoms with E-state index in [2.05, 4.69) is 40.8 Å². The van der Waals surface area contributed by atoms with Gasteiger partial charge in [0.25, 0.3) is 0 Å². The SMILES string of the molecule is CC12CCCCC1C(O[Si](C)(C)C(C)(C)C)CCC2. The molecule has 0 aromatic carbocycles. The highest BCUT2D eigenvalue weighted by atomic mass is 28.4. The monoisotopic (exact) mass is 282 g/mol. The first-order chi connectivity index (χ1) is 8.66. The van der Waals surface area contributed by atoms with Crippen molar-refractivity contribution in [2.24, 2.45) is 11.3 Å². The van der Waals surface area contributed by atoms with Crippen molar-refractivity contribution in [2.45, 2.75) is 96.9 Å². The highest BCUT2D eigenvalue weighted by molar-refractivity contribution is 6.74. The van der Waals surface area contributed by atoms with E-state index in [4.69, 9.17) is 4.43 Å². The van der Waals surface area contributed by atoms with Crippen molar-refractivity contribution in [3.8, 4) is 0 Å². The summed E-state index contributed by atoms with van der Waals surface area (Å²) >= 11 is 0. The van der Waals surface area contributed by atoms with Crippen molar-refractivity contribution in [3.63, 3.8) is 0 Å². The van der Waals surface area contributed by atoms with Crippen LogP contribution in [0.25, 0.3) is 0 Å². The van der Waals surface area contributed by atoms with E-state index in [1.54, 1.807) is 0 Å². The van der Waals surface area contributed by atoms with Gasteiger partial charge >= 0.3 is 0 Å². The van der Waals surface area contributed by atoms with Gasteiger partial charge in [-0.3, -0.25) is 0 Å². The summed E-state index contributed by atoms with van der Waals surface area (Å²) in [6.07, 6.45) is 10.4. The van der Waals surface area contributed by atoms with E-state index in [9.17, 15) is 0 Å². The van der Waals surface area contributed by atoms with Gasteiger partial charge < -0.3 is 4.43 Å². The molecule has 0 heterocycles. The van der Waals surface area contributed by atoms with Crippen molar-refractivity contribution in [1.29, 1.82) is 0 Å². The smallest absolute Gasteiger partial charge is 0.192 e. The van der Waals surface area contributed by atoms with Gasteiger partial charge in [-0.05, 0) is 55.1 Å². The summed E-state index contributed by atoms with van der Waals surface area (Å²) in [6, 6.07) is 0. The summed E-state index contributed by atoms with van der Waals surface area (Å²) in [5.41, 5.74) is 0.587. The molecule has 3 atom stereocenters. The molecule has 2 aliphatic rings. The minimum atomic E-state index is -1.60. The molecule has 3 unspecified atom stereocenters. The van der Waals surface area contributed by atoms with Crippen LogP contribution in [-0.2, 0) is 4.43 Å². The molecule has 0 aromatic rings. The number of fused-ring (bicyclic) bond motifs is 1. The third kappa shape index (κ3) is 3.10. The predicted octanol–water partition coefficient (Wildman–Crippen LogP) is 5.76. The van der Waals surface area contributed by atoms with Crippen molar-refractivity contribution in [2.75, 3.05) is 0 Å². The first-order valence-electron chi connectivity index (χ1n) is 8.34. The van der Waals surface area contributed by atoms with E-state index in [0.717, 1.165) is 5.92 Å². The van der Waals surface area contributed by atoms with Crippen molar-refractivity contribution in [1.82, 2.24) is 0 Å². The second kappa shape index (κ2) is 5.18. The van der Waals surface area contributed by atoms with E-state index < -0.39 is 8.32 Å². The fraction of sp³-hybridized carbons (Fsp3) is 1.00. The van der Waals surface area contributed by atoms with Gasteiger partial charge in [-0.25, -0.2) is 0 Å². The number of hydrogen-bond acceptors (Lipinski definition) is 1. The third-order valence-corrected chi connectivity index (χ3v) is 10.9. The lowest BCUT2D eigenvalue weighted by molar-refractivity contribution is -0.0367. The van der Waals surface area contributed by atoms with Crippen molar-refractivity contribution < 1.29 is 4.43 Å². The minimum absolute atomic E-state index is 0.343. The fourth-order valence-corrected chi connectivity index (χ4v) is 5.37. The normalized spacial score (nSPS) is 36.9. The maximum atomic E-state index is 6.82. The Hall–Kier alpha value is 0.177. The Morgan fingerprint density at radius 2 is 1.63 bits per heavy atom. The molecule has 2 saturated carbocycles. The molecule has 0 bridgehead atoms. The highest BCUT2D eigenvalue weighted by Crippen LogP contribution is 2.52. The van der Waals surface area contributed by atoms with Gasteiger partial charge in [0.05, 0.1) is 0 Å². The second-order valence-corrected chi connectivity index (χ2v) is 13.6. The summed E-state index contributed by atoms with van der Waals surface area (Å²) in [7, 11) is -1.60. The zero-order chi connectivity index (χ0) is 14.3. The standard InChI is InChI=1S/C17H34OSi/c1-16(2,3)19(5,6)18-15-11-9-13-17(4)12-8-7-10-14(15)17/h14-15H,7-13H2,1-6H3. The second-order valence-electron chi connectivity index (χ2n) is 8.82. The zero-order valence-corrected chi connectivity index (χ0v) is 15.0. The van der Waals surface area contributed by atoms with Gasteiger partial charge in [0.1, 0.15) is 0 Å². The Labute approximate surface area is 121 Å². The van der Waals surface area contributed by atoms with Crippen LogP contribution in [0.4, 0.5) is 0 Å². The molecule has 19 heavy (non-hydrogen) atoms. The molecule has 2 rings (SSSR count). The van der Waals surface area contributed by atoms with Gasteiger partial charge in [-0.2, -0.15) is 0 Å². The van der Waals surface area contributed by atoms with Crippen LogP contribution in [0.1, 0.15) is 72.6 Å². The Morgan fingerprint density at radius 1 is 1.00 bits per heavy atom. The molecule has 1 nitrogen and oxygen atoms in total. The topological polar surface area (TPSA) is 9.23 Å². The molecule has 0 amide bonds. The van der Waals surface area contributed by atoms with Crippen molar-refractivity contribution >= 4 is 8.32 Å². The average molecular weight is 283 g/mol. The first-order valence-corrected chi connectivity index (χ1v) is 11.2. The summed E-state index contributed by atoms with van der Waals surface area (Å²) in [4.78, 5) is 0. The molecule has 0 aliphatic heterocycles. The van der Waals surface area contributed by atoms with Crippen LogP contribution in [0.5, 0.6) is 0 Å². The van der Waals surface area contributed by atoms with Crippen LogP contribution in [0, 0.1) is 11.3 Å².